The highest BCUT2D eigenvalue weighted by molar-refractivity contribution is 5.85. The molecule has 0 heterocycles. The molecule has 0 aromatic heterocycles. The van der Waals surface area contributed by atoms with Crippen LogP contribution in [0.4, 0.5) is 4.79 Å². The van der Waals surface area contributed by atoms with Crippen LogP contribution in [0.15, 0.2) is 48.5 Å². The highest BCUT2D eigenvalue weighted by Crippen LogP contribution is 2.44. The number of nitrogens with one attached hydrogen (secondary N) is 2. The van der Waals surface area contributed by atoms with E-state index >= 15 is 0 Å². The Hall–Kier alpha value is -3.39. The van der Waals surface area contributed by atoms with Gasteiger partial charge in [0.05, 0.1) is 11.6 Å². The largest absolute Gasteiger partial charge is 0.480 e. The molecular weight excluding hydrogens is 436 g/mol. The van der Waals surface area contributed by atoms with Crippen LogP contribution in [-0.2, 0) is 19.1 Å². The van der Waals surface area contributed by atoms with Gasteiger partial charge in [0.1, 0.15) is 6.61 Å². The van der Waals surface area contributed by atoms with Crippen molar-refractivity contribution in [2.24, 2.45) is 0 Å². The molecule has 180 valence electrons. The lowest BCUT2D eigenvalue weighted by atomic mass is 9.74. The normalized spacial score (nSPS) is 17.5. The molecule has 2 aliphatic carbocycles. The van der Waals surface area contributed by atoms with Crippen molar-refractivity contribution in [3.05, 3.63) is 59.7 Å². The molecule has 0 saturated heterocycles. The minimum Gasteiger partial charge on any atom is -0.480 e. The van der Waals surface area contributed by atoms with Gasteiger partial charge in [0.25, 0.3) is 0 Å². The lowest BCUT2D eigenvalue weighted by molar-refractivity contribution is -0.145. The van der Waals surface area contributed by atoms with Crippen molar-refractivity contribution in [1.82, 2.24) is 10.6 Å². The first kappa shape index (κ1) is 23.8. The molecule has 0 aliphatic heterocycles. The molecule has 2 aliphatic rings. The summed E-state index contributed by atoms with van der Waals surface area (Å²) in [7, 11) is 1.39. The van der Waals surface area contributed by atoms with Crippen LogP contribution in [0.1, 0.15) is 49.7 Å². The van der Waals surface area contributed by atoms with Gasteiger partial charge in [-0.2, -0.15) is 0 Å². The van der Waals surface area contributed by atoms with E-state index in [0.29, 0.717) is 12.8 Å². The van der Waals surface area contributed by atoms with Gasteiger partial charge in [0.15, 0.2) is 6.04 Å². The highest BCUT2D eigenvalue weighted by Gasteiger charge is 2.42. The van der Waals surface area contributed by atoms with E-state index < -0.39 is 35.7 Å². The fourth-order valence-corrected chi connectivity index (χ4v) is 4.85. The van der Waals surface area contributed by atoms with Crippen LogP contribution in [0.2, 0.25) is 0 Å². The van der Waals surface area contributed by atoms with Gasteiger partial charge in [-0.05, 0) is 48.4 Å². The third-order valence-corrected chi connectivity index (χ3v) is 6.94. The Morgan fingerprint density at radius 1 is 1.06 bits per heavy atom. The zero-order valence-corrected chi connectivity index (χ0v) is 19.4. The summed E-state index contributed by atoms with van der Waals surface area (Å²) < 4.78 is 10.7. The molecule has 34 heavy (non-hydrogen) atoms. The average molecular weight is 467 g/mol. The number of amides is 2. The number of rotatable bonds is 9. The SMILES string of the molecule is COC(C)C(NC(=O)CC1(NC(=O)OCC2c3ccccc3-c3ccccc32)CCC1)C(=O)O. The van der Waals surface area contributed by atoms with Gasteiger partial charge in [-0.1, -0.05) is 48.5 Å². The number of aliphatic carboxylic acids is 1. The van der Waals surface area contributed by atoms with Crippen LogP contribution in [0.3, 0.4) is 0 Å². The second-order valence-corrected chi connectivity index (χ2v) is 9.09. The van der Waals surface area contributed by atoms with Crippen molar-refractivity contribution in [3.8, 4) is 11.1 Å². The molecule has 8 heteroatoms. The molecule has 2 aromatic carbocycles. The molecule has 0 bridgehead atoms. The first-order valence-electron chi connectivity index (χ1n) is 11.5. The second-order valence-electron chi connectivity index (χ2n) is 9.09. The molecule has 0 spiro atoms. The number of fused-ring (bicyclic) bond motifs is 3. The summed E-state index contributed by atoms with van der Waals surface area (Å²) in [6.45, 7) is 1.77. The Labute approximate surface area is 198 Å². The van der Waals surface area contributed by atoms with E-state index in [4.69, 9.17) is 9.47 Å². The molecule has 1 fully saturated rings. The Morgan fingerprint density at radius 2 is 1.65 bits per heavy atom. The smallest absolute Gasteiger partial charge is 0.407 e. The third-order valence-electron chi connectivity index (χ3n) is 6.94. The standard InChI is InChI=1S/C26H30N2O6/c1-16(33-2)23(24(30)31)27-22(29)14-26(12-7-13-26)28-25(32)34-15-21-19-10-5-3-8-17(19)18-9-4-6-11-20(18)21/h3-6,8-11,16,21,23H,7,12-15H2,1-2H3,(H,27,29)(H,28,32)(H,30,31). The van der Waals surface area contributed by atoms with E-state index in [9.17, 15) is 19.5 Å². The van der Waals surface area contributed by atoms with E-state index in [1.54, 1.807) is 6.92 Å². The minimum atomic E-state index is -1.17. The molecule has 4 rings (SSSR count). The molecule has 1 saturated carbocycles. The summed E-state index contributed by atoms with van der Waals surface area (Å²) in [5.41, 5.74) is 3.82. The monoisotopic (exact) mass is 466 g/mol. The summed E-state index contributed by atoms with van der Waals surface area (Å²) in [5, 5.41) is 14.8. The molecule has 2 amide bonds. The lowest BCUT2D eigenvalue weighted by Gasteiger charge is -2.41. The molecule has 0 radical (unpaired) electrons. The lowest BCUT2D eigenvalue weighted by Crippen LogP contribution is -2.57. The van der Waals surface area contributed by atoms with Crippen LogP contribution >= 0.6 is 0 Å². The number of carboxylic acids is 1. The van der Waals surface area contributed by atoms with E-state index in [0.717, 1.165) is 28.7 Å². The van der Waals surface area contributed by atoms with E-state index in [1.807, 2.05) is 24.3 Å². The average Bonchev–Trinajstić information content (AvgIpc) is 3.13. The maximum atomic E-state index is 12.7. The van der Waals surface area contributed by atoms with E-state index in [1.165, 1.54) is 7.11 Å². The number of carbonyl (C=O) groups is 3. The van der Waals surface area contributed by atoms with Gasteiger partial charge in [-0.25, -0.2) is 9.59 Å². The van der Waals surface area contributed by atoms with Crippen molar-refractivity contribution in [2.45, 2.75) is 56.2 Å². The zero-order chi connectivity index (χ0) is 24.3. The van der Waals surface area contributed by atoms with Gasteiger partial charge in [-0.3, -0.25) is 4.79 Å². The van der Waals surface area contributed by atoms with Crippen molar-refractivity contribution >= 4 is 18.0 Å². The Bertz CT molecular complexity index is 1030. The Balaban J connectivity index is 1.37. The Morgan fingerprint density at radius 3 is 2.15 bits per heavy atom. The maximum absolute atomic E-state index is 12.7. The molecular formula is C26H30N2O6. The molecule has 2 unspecified atom stereocenters. The van der Waals surface area contributed by atoms with Crippen LogP contribution < -0.4 is 10.6 Å². The van der Waals surface area contributed by atoms with Crippen molar-refractivity contribution in [3.63, 3.8) is 0 Å². The third kappa shape index (κ3) is 4.77. The van der Waals surface area contributed by atoms with Gasteiger partial charge >= 0.3 is 12.1 Å². The summed E-state index contributed by atoms with van der Waals surface area (Å²) in [4.78, 5) is 36.8. The Kier molecular flexibility index (Phi) is 6.88. The number of hydrogen-bond acceptors (Lipinski definition) is 5. The number of carbonyl (C=O) groups excluding carboxylic acids is 2. The van der Waals surface area contributed by atoms with Crippen LogP contribution in [0.25, 0.3) is 11.1 Å². The topological polar surface area (TPSA) is 114 Å². The van der Waals surface area contributed by atoms with Crippen molar-refractivity contribution in [1.29, 1.82) is 0 Å². The maximum Gasteiger partial charge on any atom is 0.407 e. The number of carboxylic acid groups (broad SMARTS) is 1. The molecule has 8 nitrogen and oxygen atoms in total. The van der Waals surface area contributed by atoms with Gasteiger partial charge < -0.3 is 25.2 Å². The predicted octanol–water partition coefficient (Wildman–Crippen LogP) is 3.44. The van der Waals surface area contributed by atoms with Crippen molar-refractivity contribution in [2.75, 3.05) is 13.7 Å². The summed E-state index contributed by atoms with van der Waals surface area (Å²) in [6.07, 6.45) is 0.846. The second kappa shape index (κ2) is 9.85. The van der Waals surface area contributed by atoms with Gasteiger partial charge in [0.2, 0.25) is 5.91 Å². The summed E-state index contributed by atoms with van der Waals surface area (Å²) >= 11 is 0. The van der Waals surface area contributed by atoms with Gasteiger partial charge in [-0.15, -0.1) is 0 Å². The highest BCUT2D eigenvalue weighted by atomic mass is 16.5. The number of benzene rings is 2. The quantitative estimate of drug-likeness (QED) is 0.522. The van der Waals surface area contributed by atoms with Crippen LogP contribution in [0.5, 0.6) is 0 Å². The predicted molar refractivity (Wildman–Crippen MR) is 125 cm³/mol. The molecule has 2 atom stereocenters. The van der Waals surface area contributed by atoms with Gasteiger partial charge in [0, 0.05) is 19.4 Å². The summed E-state index contributed by atoms with van der Waals surface area (Å²) in [5.74, 6) is -1.67. The number of methoxy groups -OCH3 is 1. The first-order chi connectivity index (χ1) is 16.3. The molecule has 2 aromatic rings. The molecule has 3 N–H and O–H groups in total. The van der Waals surface area contributed by atoms with Crippen LogP contribution in [-0.4, -0.2) is 54.5 Å². The van der Waals surface area contributed by atoms with Crippen molar-refractivity contribution < 1.29 is 29.0 Å². The first-order valence-corrected chi connectivity index (χ1v) is 11.5. The zero-order valence-electron chi connectivity index (χ0n) is 19.4. The fraction of sp³-hybridized carbons (Fsp3) is 0.423. The van der Waals surface area contributed by atoms with E-state index in [2.05, 4.69) is 34.9 Å². The fourth-order valence-electron chi connectivity index (χ4n) is 4.85. The van der Waals surface area contributed by atoms with Crippen LogP contribution in [0, 0.1) is 0 Å². The minimum absolute atomic E-state index is 0.0165. The summed E-state index contributed by atoms with van der Waals surface area (Å²) in [6, 6.07) is 15.1. The van der Waals surface area contributed by atoms with E-state index in [-0.39, 0.29) is 18.9 Å². The number of hydrogen-bond donors (Lipinski definition) is 3. The number of alkyl carbamates (subject to hydrolysis) is 1. The number of ether oxygens (including phenoxy) is 2.